The number of nitrogens with one attached hydrogen (secondary N) is 1. The molecule has 3 N–H and O–H groups in total. The monoisotopic (exact) mass is 237 g/mol. The Labute approximate surface area is 99.0 Å². The summed E-state index contributed by atoms with van der Waals surface area (Å²) in [7, 11) is 0. The topological polar surface area (TPSA) is 98.3 Å². The van der Waals surface area contributed by atoms with Crippen LogP contribution in [0.4, 0.5) is 11.4 Å². The molecule has 1 unspecified atom stereocenters. The maximum Gasteiger partial charge on any atom is 0.292 e. The van der Waals surface area contributed by atoms with E-state index in [1.54, 1.807) is 12.1 Å². The Morgan fingerprint density at radius 1 is 1.53 bits per heavy atom. The van der Waals surface area contributed by atoms with Gasteiger partial charge in [-0.05, 0) is 12.5 Å². The summed E-state index contributed by atoms with van der Waals surface area (Å²) in [4.78, 5) is 21.9. The first-order valence-electron chi connectivity index (χ1n) is 5.34. The molecule has 0 aliphatic carbocycles. The molecule has 0 aliphatic heterocycles. The van der Waals surface area contributed by atoms with Crippen LogP contribution in [0.3, 0.4) is 0 Å². The summed E-state index contributed by atoms with van der Waals surface area (Å²) in [5, 5.41) is 13.3. The van der Waals surface area contributed by atoms with E-state index in [1.807, 2.05) is 6.92 Å². The highest BCUT2D eigenvalue weighted by Crippen LogP contribution is 2.23. The number of nitro benzene ring substituents is 1. The van der Waals surface area contributed by atoms with E-state index >= 15 is 0 Å². The summed E-state index contributed by atoms with van der Waals surface area (Å²) >= 11 is 0. The fraction of sp³-hybridized carbons (Fsp3) is 0.364. The minimum atomic E-state index is -0.529. The number of carbonyl (C=O) groups is 1. The van der Waals surface area contributed by atoms with Crippen molar-refractivity contribution in [2.24, 2.45) is 11.7 Å². The van der Waals surface area contributed by atoms with E-state index in [9.17, 15) is 14.9 Å². The molecule has 92 valence electrons. The predicted molar refractivity (Wildman–Crippen MR) is 64.6 cm³/mol. The number of para-hydroxylation sites is 2. The highest BCUT2D eigenvalue weighted by atomic mass is 16.6. The van der Waals surface area contributed by atoms with E-state index in [2.05, 4.69) is 5.32 Å². The van der Waals surface area contributed by atoms with Crippen LogP contribution in [0, 0.1) is 16.0 Å². The summed E-state index contributed by atoms with van der Waals surface area (Å²) in [6, 6.07) is 6.03. The third-order valence-corrected chi connectivity index (χ3v) is 2.51. The average molecular weight is 237 g/mol. The molecule has 1 atom stereocenters. The lowest BCUT2D eigenvalue weighted by Gasteiger charge is -2.12. The third-order valence-electron chi connectivity index (χ3n) is 2.51. The van der Waals surface area contributed by atoms with Gasteiger partial charge in [-0.2, -0.15) is 0 Å². The van der Waals surface area contributed by atoms with Crippen LogP contribution in [-0.4, -0.2) is 17.4 Å². The van der Waals surface area contributed by atoms with Crippen LogP contribution < -0.4 is 11.1 Å². The average Bonchev–Trinajstić information content (AvgIpc) is 2.31. The Kier molecular flexibility index (Phi) is 4.59. The van der Waals surface area contributed by atoms with Crippen molar-refractivity contribution in [1.82, 2.24) is 0 Å². The quantitative estimate of drug-likeness (QED) is 0.599. The van der Waals surface area contributed by atoms with Gasteiger partial charge in [-0.3, -0.25) is 14.9 Å². The third kappa shape index (κ3) is 3.25. The van der Waals surface area contributed by atoms with Gasteiger partial charge in [0.25, 0.3) is 5.69 Å². The van der Waals surface area contributed by atoms with Gasteiger partial charge in [0.2, 0.25) is 5.91 Å². The number of nitrogens with two attached hydrogens (primary N) is 1. The van der Waals surface area contributed by atoms with Crippen molar-refractivity contribution in [1.29, 1.82) is 0 Å². The molecular formula is C11H15N3O3. The van der Waals surface area contributed by atoms with Crippen LogP contribution in [-0.2, 0) is 4.79 Å². The molecule has 1 aromatic rings. The van der Waals surface area contributed by atoms with E-state index in [0.29, 0.717) is 6.42 Å². The second kappa shape index (κ2) is 5.95. The second-order valence-electron chi connectivity index (χ2n) is 3.60. The summed E-state index contributed by atoms with van der Waals surface area (Å²) in [6.45, 7) is 2.07. The molecule has 6 nitrogen and oxygen atoms in total. The van der Waals surface area contributed by atoms with Crippen molar-refractivity contribution in [2.45, 2.75) is 13.3 Å². The van der Waals surface area contributed by atoms with Gasteiger partial charge >= 0.3 is 0 Å². The molecule has 0 fully saturated rings. The minimum Gasteiger partial charge on any atom is -0.330 e. The predicted octanol–water partition coefficient (Wildman–Crippen LogP) is 1.52. The Hall–Kier alpha value is -1.95. The van der Waals surface area contributed by atoms with Crippen molar-refractivity contribution < 1.29 is 9.72 Å². The first-order chi connectivity index (χ1) is 8.10. The number of nitrogens with zero attached hydrogens (tertiary/aromatic N) is 1. The van der Waals surface area contributed by atoms with Crippen LogP contribution in [0.5, 0.6) is 0 Å². The van der Waals surface area contributed by atoms with E-state index in [4.69, 9.17) is 5.73 Å². The molecule has 0 aliphatic rings. The van der Waals surface area contributed by atoms with E-state index in [0.717, 1.165) is 0 Å². The van der Waals surface area contributed by atoms with Crippen molar-refractivity contribution in [2.75, 3.05) is 11.9 Å². The number of hydrogen-bond acceptors (Lipinski definition) is 4. The first kappa shape index (κ1) is 13.1. The zero-order valence-electron chi connectivity index (χ0n) is 9.55. The van der Waals surface area contributed by atoms with Gasteiger partial charge in [0.1, 0.15) is 5.69 Å². The summed E-state index contributed by atoms with van der Waals surface area (Å²) in [6.07, 6.45) is 0.600. The molecular weight excluding hydrogens is 222 g/mol. The molecule has 0 heterocycles. The normalized spacial score (nSPS) is 11.9. The van der Waals surface area contributed by atoms with Gasteiger partial charge in [-0.1, -0.05) is 19.1 Å². The number of benzene rings is 1. The van der Waals surface area contributed by atoms with Gasteiger partial charge < -0.3 is 11.1 Å². The molecule has 1 aromatic carbocycles. The number of anilines is 1. The van der Waals surface area contributed by atoms with Crippen molar-refractivity contribution in [3.63, 3.8) is 0 Å². The van der Waals surface area contributed by atoms with Gasteiger partial charge in [-0.25, -0.2) is 0 Å². The lowest BCUT2D eigenvalue weighted by Crippen LogP contribution is -2.28. The number of carbonyl (C=O) groups excluding carboxylic acids is 1. The van der Waals surface area contributed by atoms with Crippen molar-refractivity contribution in [3.8, 4) is 0 Å². The molecule has 17 heavy (non-hydrogen) atoms. The van der Waals surface area contributed by atoms with Crippen LogP contribution in [0.2, 0.25) is 0 Å². The number of amides is 1. The zero-order chi connectivity index (χ0) is 12.8. The van der Waals surface area contributed by atoms with Crippen LogP contribution >= 0.6 is 0 Å². The maximum absolute atomic E-state index is 11.7. The Balaban J connectivity index is 2.88. The fourth-order valence-corrected chi connectivity index (χ4v) is 1.43. The van der Waals surface area contributed by atoms with Crippen molar-refractivity contribution >= 4 is 17.3 Å². The minimum absolute atomic E-state index is 0.118. The second-order valence-corrected chi connectivity index (χ2v) is 3.60. The Morgan fingerprint density at radius 3 is 2.71 bits per heavy atom. The van der Waals surface area contributed by atoms with Crippen molar-refractivity contribution in [3.05, 3.63) is 34.4 Å². The molecule has 1 amide bonds. The Bertz CT molecular complexity index is 416. The molecule has 0 radical (unpaired) electrons. The van der Waals surface area contributed by atoms with E-state index < -0.39 is 4.92 Å². The lowest BCUT2D eigenvalue weighted by molar-refractivity contribution is -0.383. The SMILES string of the molecule is CCC(CN)C(=O)Nc1ccccc1[N+](=O)[O-]. The smallest absolute Gasteiger partial charge is 0.292 e. The van der Waals surface area contributed by atoms with Gasteiger partial charge in [-0.15, -0.1) is 0 Å². The number of hydrogen-bond donors (Lipinski definition) is 2. The Morgan fingerprint density at radius 2 is 2.18 bits per heavy atom. The highest BCUT2D eigenvalue weighted by Gasteiger charge is 2.19. The van der Waals surface area contributed by atoms with Gasteiger partial charge in [0, 0.05) is 12.6 Å². The van der Waals surface area contributed by atoms with E-state index in [1.165, 1.54) is 12.1 Å². The lowest BCUT2D eigenvalue weighted by atomic mass is 10.1. The summed E-state index contributed by atoms with van der Waals surface area (Å²) < 4.78 is 0. The summed E-state index contributed by atoms with van der Waals surface area (Å²) in [5.41, 5.74) is 5.53. The molecule has 0 bridgehead atoms. The molecule has 0 saturated heterocycles. The molecule has 6 heteroatoms. The van der Waals surface area contributed by atoms with Crippen LogP contribution in [0.15, 0.2) is 24.3 Å². The largest absolute Gasteiger partial charge is 0.330 e. The van der Waals surface area contributed by atoms with Crippen LogP contribution in [0.25, 0.3) is 0 Å². The molecule has 0 spiro atoms. The zero-order valence-corrected chi connectivity index (χ0v) is 9.55. The molecule has 0 saturated carbocycles. The summed E-state index contributed by atoms with van der Waals surface area (Å²) in [5.74, 6) is -0.612. The standard InChI is InChI=1S/C11H15N3O3/c1-2-8(7-12)11(15)13-9-5-3-4-6-10(9)14(16)17/h3-6,8H,2,7,12H2,1H3,(H,13,15). The highest BCUT2D eigenvalue weighted by molar-refractivity contribution is 5.94. The number of rotatable bonds is 5. The van der Waals surface area contributed by atoms with Gasteiger partial charge in [0.15, 0.2) is 0 Å². The number of nitro groups is 1. The first-order valence-corrected chi connectivity index (χ1v) is 5.34. The molecule has 1 rings (SSSR count). The van der Waals surface area contributed by atoms with E-state index in [-0.39, 0.29) is 29.7 Å². The van der Waals surface area contributed by atoms with Gasteiger partial charge in [0.05, 0.1) is 10.8 Å². The maximum atomic E-state index is 11.7. The van der Waals surface area contributed by atoms with Crippen LogP contribution in [0.1, 0.15) is 13.3 Å². The molecule has 0 aromatic heterocycles. The fourth-order valence-electron chi connectivity index (χ4n) is 1.43.